The standard InChI is InChI=1S/C13H16N4O2S/c1-8(11-7-20-17-13(11)19-3)15-12-5-4-10(6-14-12)16-9(2)18/h4-8H,1-3H3,(H,14,15)(H,16,18). The van der Waals surface area contributed by atoms with E-state index in [9.17, 15) is 4.79 Å². The second-order valence-electron chi connectivity index (χ2n) is 4.26. The lowest BCUT2D eigenvalue weighted by Crippen LogP contribution is -2.09. The molecule has 2 rings (SSSR count). The Morgan fingerprint density at radius 1 is 1.45 bits per heavy atom. The van der Waals surface area contributed by atoms with E-state index < -0.39 is 0 Å². The summed E-state index contributed by atoms with van der Waals surface area (Å²) in [4.78, 5) is 15.2. The minimum absolute atomic E-state index is 0.0304. The summed E-state index contributed by atoms with van der Waals surface area (Å²) >= 11 is 1.36. The molecule has 0 bridgehead atoms. The van der Waals surface area contributed by atoms with E-state index in [1.807, 2.05) is 18.4 Å². The molecule has 20 heavy (non-hydrogen) atoms. The highest BCUT2D eigenvalue weighted by Crippen LogP contribution is 2.27. The van der Waals surface area contributed by atoms with E-state index in [2.05, 4.69) is 20.0 Å². The number of pyridine rings is 1. The van der Waals surface area contributed by atoms with Crippen LogP contribution in [0.3, 0.4) is 0 Å². The first-order chi connectivity index (χ1) is 9.60. The zero-order valence-electron chi connectivity index (χ0n) is 11.5. The number of aromatic nitrogens is 2. The summed E-state index contributed by atoms with van der Waals surface area (Å²) in [6, 6.07) is 3.64. The normalized spacial score (nSPS) is 11.8. The van der Waals surface area contributed by atoms with Crippen LogP contribution in [0.5, 0.6) is 5.88 Å². The van der Waals surface area contributed by atoms with Crippen LogP contribution in [-0.4, -0.2) is 22.4 Å². The van der Waals surface area contributed by atoms with Gasteiger partial charge in [-0.15, -0.1) is 0 Å². The Hall–Kier alpha value is -2.15. The lowest BCUT2D eigenvalue weighted by Gasteiger charge is -2.14. The van der Waals surface area contributed by atoms with E-state index in [1.54, 1.807) is 19.4 Å². The number of anilines is 2. The number of nitrogens with one attached hydrogen (secondary N) is 2. The molecular weight excluding hydrogens is 276 g/mol. The Bertz CT molecular complexity index is 582. The number of hydrogen-bond acceptors (Lipinski definition) is 6. The number of carbonyl (C=O) groups excluding carboxylic acids is 1. The summed E-state index contributed by atoms with van der Waals surface area (Å²) in [5.74, 6) is 1.24. The van der Waals surface area contributed by atoms with Crippen LogP contribution in [0.4, 0.5) is 11.5 Å². The first-order valence-electron chi connectivity index (χ1n) is 6.08. The molecule has 0 fully saturated rings. The summed E-state index contributed by atoms with van der Waals surface area (Å²) < 4.78 is 9.35. The first-order valence-corrected chi connectivity index (χ1v) is 6.92. The summed E-state index contributed by atoms with van der Waals surface area (Å²) in [5.41, 5.74) is 1.66. The minimum atomic E-state index is -0.116. The Balaban J connectivity index is 2.04. The van der Waals surface area contributed by atoms with Crippen molar-refractivity contribution in [3.05, 3.63) is 29.3 Å². The van der Waals surface area contributed by atoms with Gasteiger partial charge in [0.05, 0.1) is 25.0 Å². The molecule has 106 valence electrons. The zero-order chi connectivity index (χ0) is 14.5. The van der Waals surface area contributed by atoms with Gasteiger partial charge in [-0.2, -0.15) is 4.37 Å². The van der Waals surface area contributed by atoms with Gasteiger partial charge in [0.2, 0.25) is 11.8 Å². The summed E-state index contributed by atoms with van der Waals surface area (Å²) in [6.45, 7) is 3.47. The summed E-state index contributed by atoms with van der Waals surface area (Å²) in [5, 5.41) is 7.88. The molecule has 6 nitrogen and oxygen atoms in total. The molecule has 0 radical (unpaired) electrons. The van der Waals surface area contributed by atoms with E-state index in [-0.39, 0.29) is 11.9 Å². The van der Waals surface area contributed by atoms with Crippen LogP contribution in [0.1, 0.15) is 25.5 Å². The third-order valence-corrected chi connectivity index (χ3v) is 3.30. The predicted molar refractivity (Wildman–Crippen MR) is 79.2 cm³/mol. The van der Waals surface area contributed by atoms with Gasteiger partial charge >= 0.3 is 0 Å². The van der Waals surface area contributed by atoms with Crippen LogP contribution in [0.15, 0.2) is 23.7 Å². The Morgan fingerprint density at radius 2 is 2.25 bits per heavy atom. The molecule has 0 aliphatic carbocycles. The second kappa shape index (κ2) is 6.33. The van der Waals surface area contributed by atoms with Crippen LogP contribution >= 0.6 is 11.5 Å². The quantitative estimate of drug-likeness (QED) is 0.886. The maximum atomic E-state index is 10.9. The van der Waals surface area contributed by atoms with Crippen molar-refractivity contribution in [1.82, 2.24) is 9.36 Å². The molecule has 0 saturated heterocycles. The van der Waals surface area contributed by atoms with Crippen molar-refractivity contribution in [2.45, 2.75) is 19.9 Å². The van der Waals surface area contributed by atoms with Crippen molar-refractivity contribution < 1.29 is 9.53 Å². The average Bonchev–Trinajstić information content (AvgIpc) is 2.89. The zero-order valence-corrected chi connectivity index (χ0v) is 12.3. The number of methoxy groups -OCH3 is 1. The fourth-order valence-electron chi connectivity index (χ4n) is 1.73. The second-order valence-corrected chi connectivity index (χ2v) is 4.89. The molecule has 0 aromatic carbocycles. The summed E-state index contributed by atoms with van der Waals surface area (Å²) in [7, 11) is 1.60. The molecule has 0 aliphatic heterocycles. The fourth-order valence-corrected chi connectivity index (χ4v) is 2.48. The number of carbonyl (C=O) groups is 1. The van der Waals surface area contributed by atoms with E-state index in [4.69, 9.17) is 4.74 Å². The molecule has 2 heterocycles. The lowest BCUT2D eigenvalue weighted by molar-refractivity contribution is -0.114. The van der Waals surface area contributed by atoms with Crippen molar-refractivity contribution in [3.8, 4) is 5.88 Å². The third-order valence-electron chi connectivity index (χ3n) is 2.67. The highest BCUT2D eigenvalue weighted by molar-refractivity contribution is 7.03. The van der Waals surface area contributed by atoms with Crippen LogP contribution in [0.2, 0.25) is 0 Å². The molecule has 0 saturated carbocycles. The third kappa shape index (κ3) is 3.45. The summed E-state index contributed by atoms with van der Waals surface area (Å²) in [6.07, 6.45) is 1.61. The van der Waals surface area contributed by atoms with E-state index in [0.29, 0.717) is 11.6 Å². The van der Waals surface area contributed by atoms with Crippen molar-refractivity contribution in [2.75, 3.05) is 17.7 Å². The number of rotatable bonds is 5. The SMILES string of the molecule is COc1nscc1C(C)Nc1ccc(NC(C)=O)cn1. The molecule has 1 atom stereocenters. The van der Waals surface area contributed by atoms with Crippen LogP contribution in [-0.2, 0) is 4.79 Å². The molecule has 0 spiro atoms. The van der Waals surface area contributed by atoms with Gasteiger partial charge in [-0.25, -0.2) is 4.98 Å². The van der Waals surface area contributed by atoms with Gasteiger partial charge in [-0.05, 0) is 30.6 Å². The molecule has 2 aromatic rings. The van der Waals surface area contributed by atoms with Gasteiger partial charge < -0.3 is 15.4 Å². The Morgan fingerprint density at radius 3 is 2.85 bits per heavy atom. The molecular formula is C13H16N4O2S. The maximum absolute atomic E-state index is 10.9. The number of ether oxygens (including phenoxy) is 1. The molecule has 0 aliphatic rings. The molecule has 1 amide bonds. The molecule has 7 heteroatoms. The highest BCUT2D eigenvalue weighted by Gasteiger charge is 2.14. The topological polar surface area (TPSA) is 76.1 Å². The number of amides is 1. The monoisotopic (exact) mass is 292 g/mol. The van der Waals surface area contributed by atoms with E-state index >= 15 is 0 Å². The predicted octanol–water partition coefficient (Wildman–Crippen LogP) is 2.68. The van der Waals surface area contributed by atoms with Gasteiger partial charge in [-0.1, -0.05) is 0 Å². The van der Waals surface area contributed by atoms with Gasteiger partial charge in [-0.3, -0.25) is 4.79 Å². The van der Waals surface area contributed by atoms with Crippen molar-refractivity contribution >= 4 is 28.9 Å². The molecule has 1 unspecified atom stereocenters. The smallest absolute Gasteiger partial charge is 0.230 e. The Kier molecular flexibility index (Phi) is 4.52. The number of nitrogens with zero attached hydrogens (tertiary/aromatic N) is 2. The maximum Gasteiger partial charge on any atom is 0.230 e. The van der Waals surface area contributed by atoms with Crippen LogP contribution < -0.4 is 15.4 Å². The fraction of sp³-hybridized carbons (Fsp3) is 0.308. The minimum Gasteiger partial charge on any atom is -0.480 e. The number of hydrogen-bond donors (Lipinski definition) is 2. The lowest BCUT2D eigenvalue weighted by atomic mass is 10.2. The van der Waals surface area contributed by atoms with Crippen molar-refractivity contribution in [1.29, 1.82) is 0 Å². The van der Waals surface area contributed by atoms with Crippen LogP contribution in [0.25, 0.3) is 0 Å². The highest BCUT2D eigenvalue weighted by atomic mass is 32.1. The van der Waals surface area contributed by atoms with E-state index in [0.717, 1.165) is 11.4 Å². The van der Waals surface area contributed by atoms with Crippen LogP contribution in [0, 0.1) is 0 Å². The van der Waals surface area contributed by atoms with E-state index in [1.165, 1.54) is 18.5 Å². The first kappa shape index (κ1) is 14.3. The van der Waals surface area contributed by atoms with Gasteiger partial charge in [0, 0.05) is 17.9 Å². The average molecular weight is 292 g/mol. The van der Waals surface area contributed by atoms with Crippen molar-refractivity contribution in [2.24, 2.45) is 0 Å². The van der Waals surface area contributed by atoms with Crippen molar-refractivity contribution in [3.63, 3.8) is 0 Å². The Labute approximate surface area is 121 Å². The molecule has 2 aromatic heterocycles. The molecule has 2 N–H and O–H groups in total. The van der Waals surface area contributed by atoms with Gasteiger partial charge in [0.15, 0.2) is 0 Å². The van der Waals surface area contributed by atoms with Gasteiger partial charge in [0.25, 0.3) is 0 Å². The largest absolute Gasteiger partial charge is 0.480 e. The van der Waals surface area contributed by atoms with Gasteiger partial charge in [0.1, 0.15) is 5.82 Å².